The number of aryl methyl sites for hydroxylation is 1. The van der Waals surface area contributed by atoms with Crippen molar-refractivity contribution in [3.05, 3.63) is 89.3 Å². The molecule has 0 amide bonds. The Morgan fingerprint density at radius 1 is 0.742 bits per heavy atom. The normalized spacial score (nSPS) is 10.5. The molecule has 0 aliphatic heterocycles. The maximum Gasteiger partial charge on any atom is 0.306 e. The van der Waals surface area contributed by atoms with Crippen LogP contribution in [0.15, 0.2) is 71.3 Å². The topological polar surface area (TPSA) is 95.7 Å². The molecule has 0 aliphatic rings. The molecule has 0 atom stereocenters. The van der Waals surface area contributed by atoms with Gasteiger partial charge in [-0.25, -0.2) is 0 Å². The van der Waals surface area contributed by atoms with E-state index in [0.29, 0.717) is 5.76 Å². The molecule has 0 bridgehead atoms. The van der Waals surface area contributed by atoms with E-state index in [-0.39, 0.29) is 56.3 Å². The van der Waals surface area contributed by atoms with Crippen LogP contribution in [0.1, 0.15) is 46.6 Å². The van der Waals surface area contributed by atoms with E-state index >= 15 is 0 Å². The average Bonchev–Trinajstić information content (AvgIpc) is 3.29. The second-order valence-corrected chi connectivity index (χ2v) is 6.89. The van der Waals surface area contributed by atoms with Crippen molar-refractivity contribution in [1.29, 1.82) is 0 Å². The summed E-state index contributed by atoms with van der Waals surface area (Å²) in [7, 11) is 0. The molecule has 3 rings (SSSR count). The number of esters is 2. The molecule has 0 unspecified atom stereocenters. The summed E-state index contributed by atoms with van der Waals surface area (Å²) in [4.78, 5) is 35.9. The van der Waals surface area contributed by atoms with Gasteiger partial charge in [0.15, 0.2) is 5.78 Å². The summed E-state index contributed by atoms with van der Waals surface area (Å²) in [5.74, 6) is -0.735. The van der Waals surface area contributed by atoms with E-state index < -0.39 is 5.97 Å². The van der Waals surface area contributed by atoms with Crippen molar-refractivity contribution in [2.75, 3.05) is 0 Å². The number of ketones is 1. The number of Topliss-reactive ketones (excluding diaryl/α,β-unsaturated/α-hetero) is 1. The molecule has 0 saturated carbocycles. The minimum absolute atomic E-state index is 0.0291. The molecule has 0 fully saturated rings. The van der Waals surface area contributed by atoms with E-state index in [0.717, 1.165) is 11.1 Å². The number of hydrogen-bond donors (Lipinski definition) is 0. The largest absolute Gasteiger partial charge is 0.461 e. The Balaban J connectivity index is 1.35. The van der Waals surface area contributed by atoms with Gasteiger partial charge in [-0.1, -0.05) is 65.8 Å². The smallest absolute Gasteiger partial charge is 0.306 e. The second-order valence-electron chi connectivity index (χ2n) is 6.89. The maximum atomic E-state index is 12.2. The van der Waals surface area contributed by atoms with Crippen LogP contribution in [0, 0.1) is 0 Å². The molecular formula is C24H23NO6. The van der Waals surface area contributed by atoms with Crippen LogP contribution in [0.5, 0.6) is 0 Å². The first-order chi connectivity index (χ1) is 15.1. The Morgan fingerprint density at radius 2 is 1.29 bits per heavy atom. The van der Waals surface area contributed by atoms with Crippen LogP contribution < -0.4 is 0 Å². The predicted molar refractivity (Wildman–Crippen MR) is 111 cm³/mol. The van der Waals surface area contributed by atoms with Gasteiger partial charge in [0.05, 0.1) is 12.8 Å². The molecule has 1 aromatic heterocycles. The van der Waals surface area contributed by atoms with Gasteiger partial charge >= 0.3 is 11.9 Å². The quantitative estimate of drug-likeness (QED) is 0.340. The van der Waals surface area contributed by atoms with Crippen LogP contribution in [0.2, 0.25) is 0 Å². The van der Waals surface area contributed by atoms with E-state index in [2.05, 4.69) is 5.16 Å². The number of aromatic nitrogens is 1. The number of nitrogens with zero attached hydrogens (tertiary/aromatic N) is 1. The highest BCUT2D eigenvalue weighted by molar-refractivity contribution is 5.95. The van der Waals surface area contributed by atoms with Crippen LogP contribution in [0.4, 0.5) is 0 Å². The third-order valence-corrected chi connectivity index (χ3v) is 4.46. The molecule has 0 aliphatic carbocycles. The lowest BCUT2D eigenvalue weighted by molar-refractivity contribution is -0.145. The Bertz CT molecular complexity index is 997. The van der Waals surface area contributed by atoms with Gasteiger partial charge in [-0.15, -0.1) is 0 Å². The monoisotopic (exact) mass is 421 g/mol. The van der Waals surface area contributed by atoms with Gasteiger partial charge in [0.1, 0.15) is 24.7 Å². The van der Waals surface area contributed by atoms with Crippen molar-refractivity contribution in [2.45, 2.75) is 38.9 Å². The Hall–Kier alpha value is -3.74. The lowest BCUT2D eigenvalue weighted by Crippen LogP contribution is -2.08. The first-order valence-corrected chi connectivity index (χ1v) is 9.98. The molecule has 31 heavy (non-hydrogen) atoms. The SMILES string of the molecule is O=C(CCC(=O)c1cc(CCC(=O)OCc2ccccc2)on1)OCc1ccccc1. The fourth-order valence-electron chi connectivity index (χ4n) is 2.75. The van der Waals surface area contributed by atoms with Gasteiger partial charge in [0.2, 0.25) is 0 Å². The van der Waals surface area contributed by atoms with E-state index in [4.69, 9.17) is 14.0 Å². The molecule has 0 saturated heterocycles. The molecule has 0 spiro atoms. The van der Waals surface area contributed by atoms with E-state index in [9.17, 15) is 14.4 Å². The molecule has 1 heterocycles. The number of hydrogen-bond acceptors (Lipinski definition) is 7. The summed E-state index contributed by atoms with van der Waals surface area (Å²) in [5, 5.41) is 3.73. The first kappa shape index (κ1) is 22.0. The Morgan fingerprint density at radius 3 is 1.87 bits per heavy atom. The fourth-order valence-corrected chi connectivity index (χ4v) is 2.75. The van der Waals surface area contributed by atoms with Crippen molar-refractivity contribution in [3.8, 4) is 0 Å². The van der Waals surface area contributed by atoms with Crippen molar-refractivity contribution in [3.63, 3.8) is 0 Å². The number of benzene rings is 2. The summed E-state index contributed by atoms with van der Waals surface area (Å²) in [6.45, 7) is 0.378. The lowest BCUT2D eigenvalue weighted by Gasteiger charge is -2.04. The summed E-state index contributed by atoms with van der Waals surface area (Å²) < 4.78 is 15.5. The van der Waals surface area contributed by atoms with Gasteiger partial charge in [-0.2, -0.15) is 0 Å². The molecule has 7 heteroatoms. The van der Waals surface area contributed by atoms with Gasteiger partial charge in [-0.3, -0.25) is 14.4 Å². The summed E-state index contributed by atoms with van der Waals surface area (Å²) in [6.07, 6.45) is 0.312. The summed E-state index contributed by atoms with van der Waals surface area (Å²) in [5.41, 5.74) is 1.92. The molecule has 160 valence electrons. The number of carbonyl (C=O) groups is 3. The van der Waals surface area contributed by atoms with Gasteiger partial charge in [-0.05, 0) is 11.1 Å². The van der Waals surface area contributed by atoms with Crippen LogP contribution in [0.3, 0.4) is 0 Å². The number of ether oxygens (including phenoxy) is 2. The lowest BCUT2D eigenvalue weighted by atomic mass is 10.1. The predicted octanol–water partition coefficient (Wildman–Crippen LogP) is 4.06. The van der Waals surface area contributed by atoms with Crippen LogP contribution >= 0.6 is 0 Å². The Kier molecular flexibility index (Phi) is 8.11. The van der Waals surface area contributed by atoms with Crippen molar-refractivity contribution in [2.24, 2.45) is 0 Å². The second kappa shape index (κ2) is 11.4. The molecule has 0 N–H and O–H groups in total. The zero-order valence-corrected chi connectivity index (χ0v) is 17.0. The summed E-state index contributed by atoms with van der Waals surface area (Å²) in [6, 6.07) is 20.2. The highest BCUT2D eigenvalue weighted by Gasteiger charge is 2.16. The zero-order chi connectivity index (χ0) is 21.9. The minimum atomic E-state index is -0.456. The van der Waals surface area contributed by atoms with Crippen molar-refractivity contribution < 1.29 is 28.4 Å². The highest BCUT2D eigenvalue weighted by atomic mass is 16.5. The third kappa shape index (κ3) is 7.54. The molecule has 2 aromatic carbocycles. The standard InChI is InChI=1S/C24H23NO6/c26-22(12-14-24(28)30-17-19-9-5-2-6-10-19)21-15-20(31-25-21)11-13-23(27)29-16-18-7-3-1-4-8-18/h1-10,15H,11-14,16-17H2. The minimum Gasteiger partial charge on any atom is -0.461 e. The average molecular weight is 421 g/mol. The molecule has 7 nitrogen and oxygen atoms in total. The van der Waals surface area contributed by atoms with Crippen LogP contribution in [0.25, 0.3) is 0 Å². The zero-order valence-electron chi connectivity index (χ0n) is 17.0. The molecule has 3 aromatic rings. The molecular weight excluding hydrogens is 398 g/mol. The maximum absolute atomic E-state index is 12.2. The van der Waals surface area contributed by atoms with E-state index in [1.54, 1.807) is 0 Å². The van der Waals surface area contributed by atoms with E-state index in [1.807, 2.05) is 60.7 Å². The van der Waals surface area contributed by atoms with Crippen LogP contribution in [-0.2, 0) is 38.7 Å². The van der Waals surface area contributed by atoms with Crippen molar-refractivity contribution in [1.82, 2.24) is 5.16 Å². The third-order valence-electron chi connectivity index (χ3n) is 4.46. The van der Waals surface area contributed by atoms with Crippen LogP contribution in [-0.4, -0.2) is 22.9 Å². The number of carbonyl (C=O) groups excluding carboxylic acids is 3. The number of rotatable bonds is 11. The summed E-state index contributed by atoms with van der Waals surface area (Å²) >= 11 is 0. The first-order valence-electron chi connectivity index (χ1n) is 9.98. The Labute approximate surface area is 180 Å². The van der Waals surface area contributed by atoms with Crippen molar-refractivity contribution >= 4 is 17.7 Å². The molecule has 0 radical (unpaired) electrons. The van der Waals surface area contributed by atoms with Gasteiger partial charge < -0.3 is 14.0 Å². The fraction of sp³-hybridized carbons (Fsp3) is 0.250. The van der Waals surface area contributed by atoms with Gasteiger partial charge in [0.25, 0.3) is 0 Å². The van der Waals surface area contributed by atoms with Gasteiger partial charge in [0, 0.05) is 18.9 Å². The van der Waals surface area contributed by atoms with E-state index in [1.165, 1.54) is 6.07 Å². The highest BCUT2D eigenvalue weighted by Crippen LogP contribution is 2.11.